The van der Waals surface area contributed by atoms with Crippen LogP contribution in [-0.4, -0.2) is 62.1 Å². The van der Waals surface area contributed by atoms with Crippen LogP contribution in [0.4, 0.5) is 0 Å². The number of nitrogens with zero attached hydrogens (tertiary/aromatic N) is 3. The van der Waals surface area contributed by atoms with Crippen molar-refractivity contribution in [3.8, 4) is 0 Å². The zero-order valence-electron chi connectivity index (χ0n) is 16.0. The average Bonchev–Trinajstić information content (AvgIpc) is 2.63. The maximum absolute atomic E-state index is 12.1. The first-order valence-corrected chi connectivity index (χ1v) is 10.9. The van der Waals surface area contributed by atoms with Gasteiger partial charge in [-0.2, -0.15) is 0 Å². The Bertz CT molecular complexity index is 680. The van der Waals surface area contributed by atoms with Crippen LogP contribution in [0.1, 0.15) is 37.4 Å². The Labute approximate surface area is 157 Å². The van der Waals surface area contributed by atoms with Crippen molar-refractivity contribution in [3.05, 3.63) is 29.6 Å². The molecule has 2 heterocycles. The fourth-order valence-electron chi connectivity index (χ4n) is 3.02. The Morgan fingerprint density at radius 3 is 2.65 bits per heavy atom. The summed E-state index contributed by atoms with van der Waals surface area (Å²) in [5, 5.41) is 6.73. The van der Waals surface area contributed by atoms with Gasteiger partial charge in [0.1, 0.15) is 0 Å². The van der Waals surface area contributed by atoms with Crippen molar-refractivity contribution >= 4 is 16.0 Å². The van der Waals surface area contributed by atoms with Gasteiger partial charge < -0.3 is 10.6 Å². The molecule has 1 aromatic rings. The Kier molecular flexibility index (Phi) is 7.84. The highest BCUT2D eigenvalue weighted by molar-refractivity contribution is 7.89. The topological polar surface area (TPSA) is 86.7 Å². The molecule has 1 aliphatic rings. The molecule has 8 heteroatoms. The quantitative estimate of drug-likeness (QED) is 0.549. The average molecular weight is 382 g/mol. The van der Waals surface area contributed by atoms with E-state index in [1.807, 2.05) is 26.1 Å². The zero-order valence-corrected chi connectivity index (χ0v) is 16.8. The molecule has 1 aliphatic heterocycles. The SMILES string of the molecule is CCCS(=O)(=O)N1CCC(NC(=NC)NCCc2ccc(C)nc2)CC1. The van der Waals surface area contributed by atoms with Crippen LogP contribution in [0, 0.1) is 6.92 Å². The number of aliphatic imine (C=N–C) groups is 1. The summed E-state index contributed by atoms with van der Waals surface area (Å²) >= 11 is 0. The lowest BCUT2D eigenvalue weighted by Gasteiger charge is -2.32. The normalized spacial score (nSPS) is 17.3. The van der Waals surface area contributed by atoms with Crippen LogP contribution in [0.25, 0.3) is 0 Å². The second-order valence-corrected chi connectivity index (χ2v) is 8.78. The number of hydrogen-bond acceptors (Lipinski definition) is 4. The first kappa shape index (κ1) is 20.6. The lowest BCUT2D eigenvalue weighted by atomic mass is 10.1. The largest absolute Gasteiger partial charge is 0.356 e. The van der Waals surface area contributed by atoms with Gasteiger partial charge in [0.15, 0.2) is 5.96 Å². The van der Waals surface area contributed by atoms with E-state index in [1.54, 1.807) is 11.4 Å². The fourth-order valence-corrected chi connectivity index (χ4v) is 4.57. The van der Waals surface area contributed by atoms with Gasteiger partial charge in [0.2, 0.25) is 10.0 Å². The summed E-state index contributed by atoms with van der Waals surface area (Å²) in [4.78, 5) is 8.57. The smallest absolute Gasteiger partial charge is 0.214 e. The Morgan fingerprint density at radius 1 is 1.35 bits per heavy atom. The summed E-state index contributed by atoms with van der Waals surface area (Å²) < 4.78 is 25.9. The third-order valence-electron chi connectivity index (χ3n) is 4.55. The van der Waals surface area contributed by atoms with Crippen LogP contribution in [0.3, 0.4) is 0 Å². The molecule has 0 bridgehead atoms. The monoisotopic (exact) mass is 381 g/mol. The summed E-state index contributed by atoms with van der Waals surface area (Å²) in [6.45, 7) is 5.80. The van der Waals surface area contributed by atoms with Crippen LogP contribution in [0.5, 0.6) is 0 Å². The predicted molar refractivity (Wildman–Crippen MR) is 106 cm³/mol. The third kappa shape index (κ3) is 6.25. The van der Waals surface area contributed by atoms with Gasteiger partial charge >= 0.3 is 0 Å². The van der Waals surface area contributed by atoms with Crippen molar-refractivity contribution in [1.29, 1.82) is 0 Å². The maximum atomic E-state index is 12.1. The minimum atomic E-state index is -3.09. The summed E-state index contributed by atoms with van der Waals surface area (Å²) in [6.07, 6.45) is 5.03. The molecule has 2 rings (SSSR count). The first-order chi connectivity index (χ1) is 12.4. The van der Waals surface area contributed by atoms with Gasteiger partial charge in [-0.15, -0.1) is 0 Å². The van der Waals surface area contributed by atoms with E-state index in [0.717, 1.165) is 37.5 Å². The summed E-state index contributed by atoms with van der Waals surface area (Å²) in [5.74, 6) is 1.00. The maximum Gasteiger partial charge on any atom is 0.214 e. The van der Waals surface area contributed by atoms with E-state index in [1.165, 1.54) is 5.56 Å². The van der Waals surface area contributed by atoms with Crippen molar-refractivity contribution in [2.75, 3.05) is 32.4 Å². The number of sulfonamides is 1. The van der Waals surface area contributed by atoms with Gasteiger partial charge in [-0.05, 0) is 44.2 Å². The summed E-state index contributed by atoms with van der Waals surface area (Å²) in [6, 6.07) is 4.35. The van der Waals surface area contributed by atoms with Crippen LogP contribution in [0.2, 0.25) is 0 Å². The third-order valence-corrected chi connectivity index (χ3v) is 6.63. The molecule has 0 aliphatic carbocycles. The van der Waals surface area contributed by atoms with Crippen LogP contribution in [-0.2, 0) is 16.4 Å². The van der Waals surface area contributed by atoms with Crippen LogP contribution >= 0.6 is 0 Å². The highest BCUT2D eigenvalue weighted by Gasteiger charge is 2.27. The summed E-state index contributed by atoms with van der Waals surface area (Å²) in [7, 11) is -1.33. The van der Waals surface area contributed by atoms with Crippen molar-refractivity contribution in [2.45, 2.75) is 45.6 Å². The van der Waals surface area contributed by atoms with Gasteiger partial charge in [0, 0.05) is 44.6 Å². The molecule has 2 N–H and O–H groups in total. The zero-order chi connectivity index (χ0) is 19.0. The van der Waals surface area contributed by atoms with Crippen LogP contribution in [0.15, 0.2) is 23.3 Å². The second kappa shape index (κ2) is 9.87. The molecular formula is C18H31N5O2S. The predicted octanol–water partition coefficient (Wildman–Crippen LogP) is 1.30. The van der Waals surface area contributed by atoms with E-state index in [4.69, 9.17) is 0 Å². The number of pyridine rings is 1. The number of aryl methyl sites for hydroxylation is 1. The molecule has 0 saturated carbocycles. The molecule has 1 aromatic heterocycles. The number of guanidine groups is 1. The minimum absolute atomic E-state index is 0.238. The molecule has 0 amide bonds. The lowest BCUT2D eigenvalue weighted by molar-refractivity contribution is 0.306. The van der Waals surface area contributed by atoms with Gasteiger partial charge in [-0.25, -0.2) is 12.7 Å². The molecule has 26 heavy (non-hydrogen) atoms. The molecule has 0 unspecified atom stereocenters. The van der Waals surface area contributed by atoms with Crippen molar-refractivity contribution in [2.24, 2.45) is 4.99 Å². The number of rotatable bonds is 7. The molecule has 0 radical (unpaired) electrons. The van der Waals surface area contributed by atoms with Crippen LogP contribution < -0.4 is 10.6 Å². The highest BCUT2D eigenvalue weighted by atomic mass is 32.2. The number of aromatic nitrogens is 1. The highest BCUT2D eigenvalue weighted by Crippen LogP contribution is 2.15. The van der Waals surface area contributed by atoms with E-state index in [2.05, 4.69) is 26.7 Å². The van der Waals surface area contributed by atoms with Crippen molar-refractivity contribution in [3.63, 3.8) is 0 Å². The summed E-state index contributed by atoms with van der Waals surface area (Å²) in [5.41, 5.74) is 2.21. The fraction of sp³-hybridized carbons (Fsp3) is 0.667. The lowest BCUT2D eigenvalue weighted by Crippen LogP contribution is -2.50. The number of nitrogens with one attached hydrogen (secondary N) is 2. The van der Waals surface area contributed by atoms with Gasteiger partial charge in [0.25, 0.3) is 0 Å². The molecule has 1 fully saturated rings. The van der Waals surface area contributed by atoms with Crippen molar-refractivity contribution in [1.82, 2.24) is 19.9 Å². The molecule has 0 spiro atoms. The Balaban J connectivity index is 1.74. The molecular weight excluding hydrogens is 350 g/mol. The molecule has 7 nitrogen and oxygen atoms in total. The van der Waals surface area contributed by atoms with E-state index in [-0.39, 0.29) is 11.8 Å². The number of hydrogen-bond donors (Lipinski definition) is 2. The second-order valence-electron chi connectivity index (χ2n) is 6.69. The van der Waals surface area contributed by atoms with Gasteiger partial charge in [0.05, 0.1) is 5.75 Å². The molecule has 146 valence electrons. The van der Waals surface area contributed by atoms with Gasteiger partial charge in [-0.3, -0.25) is 9.98 Å². The van der Waals surface area contributed by atoms with E-state index in [0.29, 0.717) is 19.5 Å². The van der Waals surface area contributed by atoms with E-state index >= 15 is 0 Å². The van der Waals surface area contributed by atoms with Gasteiger partial charge in [-0.1, -0.05) is 13.0 Å². The first-order valence-electron chi connectivity index (χ1n) is 9.31. The molecule has 0 atom stereocenters. The standard InChI is InChI=1S/C18H31N5O2S/c1-4-13-26(24,25)23-11-8-17(9-12-23)22-18(19-3)20-10-7-16-6-5-15(2)21-14-16/h5-6,14,17H,4,7-13H2,1-3H3,(H2,19,20,22). The minimum Gasteiger partial charge on any atom is -0.356 e. The van der Waals surface area contributed by atoms with E-state index in [9.17, 15) is 8.42 Å². The molecule has 0 aromatic carbocycles. The van der Waals surface area contributed by atoms with E-state index < -0.39 is 10.0 Å². The van der Waals surface area contributed by atoms with Crippen molar-refractivity contribution < 1.29 is 8.42 Å². The molecule has 1 saturated heterocycles. The Morgan fingerprint density at radius 2 is 2.08 bits per heavy atom. The number of piperidine rings is 1. The Hall–Kier alpha value is -1.67.